The summed E-state index contributed by atoms with van der Waals surface area (Å²) in [5.74, 6) is 0.179. The zero-order chi connectivity index (χ0) is 23.8. The number of rotatable bonds is 7. The summed E-state index contributed by atoms with van der Waals surface area (Å²) in [5, 5.41) is 2.49. The fourth-order valence-electron chi connectivity index (χ4n) is 2.80. The second-order valence-electron chi connectivity index (χ2n) is 6.56. The molecule has 10 heteroatoms. The third-order valence-corrected chi connectivity index (χ3v) is 4.46. The number of nitrogens with one attached hydrogen (secondary N) is 3. The van der Waals surface area contributed by atoms with Crippen LogP contribution in [0.5, 0.6) is 23.0 Å². The number of pyridine rings is 1. The molecular formula is C23H22N4O6. The van der Waals surface area contributed by atoms with Crippen LogP contribution in [0.15, 0.2) is 60.8 Å². The van der Waals surface area contributed by atoms with E-state index in [1.807, 2.05) is 0 Å². The number of ether oxygens (including phenoxy) is 3. The molecule has 0 aliphatic rings. The second-order valence-corrected chi connectivity index (χ2v) is 6.56. The lowest BCUT2D eigenvalue weighted by molar-refractivity contribution is 0.0846. The lowest BCUT2D eigenvalue weighted by atomic mass is 10.2. The highest BCUT2D eigenvalue weighted by Gasteiger charge is 2.13. The van der Waals surface area contributed by atoms with Crippen molar-refractivity contribution in [2.24, 2.45) is 0 Å². The number of benzene rings is 2. The maximum absolute atomic E-state index is 12.5. The molecule has 0 radical (unpaired) electrons. The summed E-state index contributed by atoms with van der Waals surface area (Å²) in [6.45, 7) is 0. The van der Waals surface area contributed by atoms with Gasteiger partial charge in [0.05, 0.1) is 14.2 Å². The van der Waals surface area contributed by atoms with Gasteiger partial charge in [0.25, 0.3) is 17.7 Å². The normalized spacial score (nSPS) is 10.0. The van der Waals surface area contributed by atoms with Crippen molar-refractivity contribution in [2.45, 2.75) is 0 Å². The number of hydrogen-bond donors (Lipinski definition) is 3. The molecule has 3 amide bonds. The second kappa shape index (κ2) is 10.6. The molecule has 1 heterocycles. The first-order valence-corrected chi connectivity index (χ1v) is 9.74. The lowest BCUT2D eigenvalue weighted by Gasteiger charge is -2.11. The SMILES string of the molecule is CNC(=O)c1cc(Oc2cccc(C(=O)NNC(=O)c3ccc(OC)c(OC)c3)c2)ccn1. The van der Waals surface area contributed by atoms with Crippen LogP contribution < -0.4 is 30.4 Å². The van der Waals surface area contributed by atoms with Crippen LogP contribution >= 0.6 is 0 Å². The fraction of sp³-hybridized carbons (Fsp3) is 0.130. The molecule has 0 saturated carbocycles. The molecule has 3 aromatic rings. The van der Waals surface area contributed by atoms with Crippen molar-refractivity contribution >= 4 is 17.7 Å². The summed E-state index contributed by atoms with van der Waals surface area (Å²) in [6, 6.07) is 14.0. The zero-order valence-corrected chi connectivity index (χ0v) is 18.2. The standard InChI is InChI=1S/C23H22N4O6/c1-24-23(30)18-13-17(9-10-25-18)33-16-6-4-5-14(11-16)21(28)26-27-22(29)15-7-8-19(31-2)20(12-15)32-3/h4-13H,1-3H3,(H,24,30)(H,26,28)(H,27,29). The summed E-state index contributed by atoms with van der Waals surface area (Å²) in [4.78, 5) is 40.6. The van der Waals surface area contributed by atoms with Crippen LogP contribution in [0.25, 0.3) is 0 Å². The van der Waals surface area contributed by atoms with E-state index in [1.165, 1.54) is 45.7 Å². The summed E-state index contributed by atoms with van der Waals surface area (Å²) in [7, 11) is 4.45. The van der Waals surface area contributed by atoms with Gasteiger partial charge in [0.1, 0.15) is 17.2 Å². The quantitative estimate of drug-likeness (QED) is 0.471. The molecule has 33 heavy (non-hydrogen) atoms. The number of nitrogens with zero attached hydrogens (tertiary/aromatic N) is 1. The Hall–Kier alpha value is -4.60. The summed E-state index contributed by atoms with van der Waals surface area (Å²) in [5.41, 5.74) is 5.43. The number of carbonyl (C=O) groups is 3. The predicted molar refractivity (Wildman–Crippen MR) is 119 cm³/mol. The van der Waals surface area contributed by atoms with Gasteiger partial charge in [-0.05, 0) is 42.5 Å². The molecule has 0 atom stereocenters. The van der Waals surface area contributed by atoms with Crippen molar-refractivity contribution in [1.82, 2.24) is 21.2 Å². The van der Waals surface area contributed by atoms with Crippen molar-refractivity contribution in [2.75, 3.05) is 21.3 Å². The van der Waals surface area contributed by atoms with Gasteiger partial charge in [-0.25, -0.2) is 0 Å². The van der Waals surface area contributed by atoms with Gasteiger partial charge in [0.15, 0.2) is 11.5 Å². The number of methoxy groups -OCH3 is 2. The molecule has 0 bridgehead atoms. The Morgan fingerprint density at radius 1 is 0.758 bits per heavy atom. The van der Waals surface area contributed by atoms with Crippen molar-refractivity contribution in [3.05, 3.63) is 77.6 Å². The Morgan fingerprint density at radius 3 is 2.09 bits per heavy atom. The minimum Gasteiger partial charge on any atom is -0.493 e. The maximum Gasteiger partial charge on any atom is 0.269 e. The Morgan fingerprint density at radius 2 is 1.42 bits per heavy atom. The molecule has 10 nitrogen and oxygen atoms in total. The summed E-state index contributed by atoms with van der Waals surface area (Å²) >= 11 is 0. The first kappa shape index (κ1) is 23.1. The van der Waals surface area contributed by atoms with E-state index in [2.05, 4.69) is 21.2 Å². The van der Waals surface area contributed by atoms with Gasteiger partial charge in [0, 0.05) is 30.4 Å². The average molecular weight is 450 g/mol. The monoisotopic (exact) mass is 450 g/mol. The van der Waals surface area contributed by atoms with E-state index < -0.39 is 11.8 Å². The number of amides is 3. The highest BCUT2D eigenvalue weighted by molar-refractivity contribution is 5.99. The first-order chi connectivity index (χ1) is 15.9. The van der Waals surface area contributed by atoms with Crippen molar-refractivity contribution in [3.8, 4) is 23.0 Å². The highest BCUT2D eigenvalue weighted by atomic mass is 16.5. The van der Waals surface area contributed by atoms with Gasteiger partial charge in [-0.3, -0.25) is 30.2 Å². The van der Waals surface area contributed by atoms with E-state index in [1.54, 1.807) is 36.4 Å². The largest absolute Gasteiger partial charge is 0.493 e. The van der Waals surface area contributed by atoms with Gasteiger partial charge in [-0.15, -0.1) is 0 Å². The molecule has 1 aromatic heterocycles. The minimum atomic E-state index is -0.546. The Balaban J connectivity index is 1.65. The third-order valence-electron chi connectivity index (χ3n) is 4.46. The molecule has 3 rings (SSSR count). The van der Waals surface area contributed by atoms with Crippen LogP contribution in [0.4, 0.5) is 0 Å². The van der Waals surface area contributed by atoms with Crippen LogP contribution in [0, 0.1) is 0 Å². The van der Waals surface area contributed by atoms with E-state index >= 15 is 0 Å². The Labute approximate surface area is 189 Å². The highest BCUT2D eigenvalue weighted by Crippen LogP contribution is 2.27. The molecule has 170 valence electrons. The molecule has 0 unspecified atom stereocenters. The van der Waals surface area contributed by atoms with Crippen LogP contribution in [0.1, 0.15) is 31.2 Å². The van der Waals surface area contributed by atoms with E-state index in [0.717, 1.165) is 0 Å². The molecule has 0 fully saturated rings. The molecule has 0 aliphatic carbocycles. The van der Waals surface area contributed by atoms with Gasteiger partial charge in [0.2, 0.25) is 0 Å². The maximum atomic E-state index is 12.5. The van der Waals surface area contributed by atoms with Crippen LogP contribution in [0.2, 0.25) is 0 Å². The third kappa shape index (κ3) is 5.76. The number of hydrogen-bond acceptors (Lipinski definition) is 7. The van der Waals surface area contributed by atoms with E-state index in [0.29, 0.717) is 23.0 Å². The number of aromatic nitrogens is 1. The van der Waals surface area contributed by atoms with E-state index in [4.69, 9.17) is 14.2 Å². The van der Waals surface area contributed by atoms with E-state index in [-0.39, 0.29) is 22.7 Å². The van der Waals surface area contributed by atoms with Crippen LogP contribution in [-0.2, 0) is 0 Å². The van der Waals surface area contributed by atoms with Crippen LogP contribution in [0.3, 0.4) is 0 Å². The van der Waals surface area contributed by atoms with Crippen molar-refractivity contribution in [1.29, 1.82) is 0 Å². The van der Waals surface area contributed by atoms with Crippen LogP contribution in [-0.4, -0.2) is 44.0 Å². The Bertz CT molecular complexity index is 1180. The smallest absolute Gasteiger partial charge is 0.269 e. The molecule has 0 aliphatic heterocycles. The van der Waals surface area contributed by atoms with Gasteiger partial charge < -0.3 is 19.5 Å². The molecule has 0 spiro atoms. The number of hydrazine groups is 1. The molecule has 0 saturated heterocycles. The van der Waals surface area contributed by atoms with Gasteiger partial charge in [-0.2, -0.15) is 0 Å². The molecule has 3 N–H and O–H groups in total. The number of carbonyl (C=O) groups excluding carboxylic acids is 3. The molecule has 2 aromatic carbocycles. The van der Waals surface area contributed by atoms with Crippen molar-refractivity contribution in [3.63, 3.8) is 0 Å². The topological polar surface area (TPSA) is 128 Å². The lowest BCUT2D eigenvalue weighted by Crippen LogP contribution is -2.41. The van der Waals surface area contributed by atoms with E-state index in [9.17, 15) is 14.4 Å². The Kier molecular flexibility index (Phi) is 7.43. The molecular weight excluding hydrogens is 428 g/mol. The summed E-state index contributed by atoms with van der Waals surface area (Å²) in [6.07, 6.45) is 1.44. The van der Waals surface area contributed by atoms with Crippen molar-refractivity contribution < 1.29 is 28.6 Å². The summed E-state index contributed by atoms with van der Waals surface area (Å²) < 4.78 is 16.1. The first-order valence-electron chi connectivity index (χ1n) is 9.74. The fourth-order valence-corrected chi connectivity index (χ4v) is 2.80. The average Bonchev–Trinajstić information content (AvgIpc) is 2.86. The van der Waals surface area contributed by atoms with Gasteiger partial charge >= 0.3 is 0 Å². The zero-order valence-electron chi connectivity index (χ0n) is 18.2. The minimum absolute atomic E-state index is 0.196. The predicted octanol–water partition coefficient (Wildman–Crippen LogP) is 2.33. The van der Waals surface area contributed by atoms with Gasteiger partial charge in [-0.1, -0.05) is 6.07 Å².